The molecule has 0 radical (unpaired) electrons. The zero-order valence-electron chi connectivity index (χ0n) is 16.7. The summed E-state index contributed by atoms with van der Waals surface area (Å²) in [5.41, 5.74) is 6.73. The lowest BCUT2D eigenvalue weighted by Crippen LogP contribution is -2.27. The molecule has 1 aromatic heterocycles. The van der Waals surface area contributed by atoms with Crippen molar-refractivity contribution in [3.8, 4) is 16.9 Å². The fourth-order valence-corrected chi connectivity index (χ4v) is 3.17. The number of hydrogen-bond donors (Lipinski definition) is 1. The van der Waals surface area contributed by atoms with Gasteiger partial charge in [0.2, 0.25) is 5.91 Å². The van der Waals surface area contributed by atoms with E-state index in [1.54, 1.807) is 19.5 Å². The maximum Gasteiger partial charge on any atom is 0.224 e. The Bertz CT molecular complexity index is 952. The third-order valence-electron chi connectivity index (χ3n) is 4.93. The minimum Gasteiger partial charge on any atom is -0.496 e. The summed E-state index contributed by atoms with van der Waals surface area (Å²) in [6.07, 6.45) is 4.71. The summed E-state index contributed by atoms with van der Waals surface area (Å²) in [5.74, 6) is 0.869. The zero-order chi connectivity index (χ0) is 19.9. The second-order valence-corrected chi connectivity index (χ2v) is 6.97. The van der Waals surface area contributed by atoms with E-state index in [-0.39, 0.29) is 5.91 Å². The smallest absolute Gasteiger partial charge is 0.224 e. The van der Waals surface area contributed by atoms with E-state index in [1.807, 2.05) is 24.3 Å². The van der Waals surface area contributed by atoms with Crippen molar-refractivity contribution >= 4 is 5.91 Å². The zero-order valence-corrected chi connectivity index (χ0v) is 16.7. The molecule has 0 atom stereocenters. The first-order chi connectivity index (χ1) is 13.6. The van der Waals surface area contributed by atoms with E-state index in [0.29, 0.717) is 13.0 Å². The number of methoxy groups -OCH3 is 1. The van der Waals surface area contributed by atoms with E-state index in [4.69, 9.17) is 4.74 Å². The Morgan fingerprint density at radius 2 is 1.71 bits per heavy atom. The molecule has 3 aromatic rings. The quantitative estimate of drug-likeness (QED) is 0.672. The van der Waals surface area contributed by atoms with Crippen molar-refractivity contribution in [3.63, 3.8) is 0 Å². The second kappa shape index (κ2) is 9.18. The Hall–Kier alpha value is -3.14. The summed E-state index contributed by atoms with van der Waals surface area (Å²) in [6.45, 7) is 4.74. The van der Waals surface area contributed by atoms with E-state index in [1.165, 1.54) is 11.1 Å². The Morgan fingerprint density at radius 3 is 2.43 bits per heavy atom. The van der Waals surface area contributed by atoms with Gasteiger partial charge in [-0.15, -0.1) is 0 Å². The number of pyridine rings is 1. The van der Waals surface area contributed by atoms with Crippen LogP contribution in [-0.4, -0.2) is 24.5 Å². The van der Waals surface area contributed by atoms with Gasteiger partial charge in [0.1, 0.15) is 5.75 Å². The predicted molar refractivity (Wildman–Crippen MR) is 113 cm³/mol. The number of nitrogens with zero attached hydrogens (tertiary/aromatic N) is 1. The molecule has 0 bridgehead atoms. The molecular formula is C24H26N2O2. The lowest BCUT2D eigenvalue weighted by atomic mass is 10.0. The number of benzene rings is 2. The number of carbonyl (C=O) groups is 1. The molecule has 3 rings (SSSR count). The topological polar surface area (TPSA) is 51.2 Å². The number of amides is 1. The molecule has 2 aromatic carbocycles. The number of aromatic nitrogens is 1. The molecule has 0 spiro atoms. The molecule has 0 unspecified atom stereocenters. The average molecular weight is 374 g/mol. The lowest BCUT2D eigenvalue weighted by molar-refractivity contribution is -0.120. The summed E-state index contributed by atoms with van der Waals surface area (Å²) in [5, 5.41) is 3.01. The second-order valence-electron chi connectivity index (χ2n) is 6.97. The van der Waals surface area contributed by atoms with Crippen LogP contribution in [0.1, 0.15) is 22.3 Å². The van der Waals surface area contributed by atoms with Crippen molar-refractivity contribution in [2.45, 2.75) is 26.7 Å². The first-order valence-corrected chi connectivity index (χ1v) is 9.47. The molecule has 0 aliphatic heterocycles. The number of aryl methyl sites for hydroxylation is 2. The van der Waals surface area contributed by atoms with Gasteiger partial charge < -0.3 is 10.1 Å². The Balaban J connectivity index is 1.57. The molecule has 0 fully saturated rings. The summed E-state index contributed by atoms with van der Waals surface area (Å²) >= 11 is 0. The standard InChI is InChI=1S/C24H26N2O2/c1-17-4-5-20(14-18(17)2)16-24(27)26-13-8-19-6-7-22(23(15-19)28-3)21-9-11-25-12-10-21/h4-7,9-12,14-15H,8,13,16H2,1-3H3,(H,26,27). The van der Waals surface area contributed by atoms with Crippen LogP contribution in [0.4, 0.5) is 0 Å². The first-order valence-electron chi connectivity index (χ1n) is 9.47. The van der Waals surface area contributed by atoms with Crippen molar-refractivity contribution in [1.29, 1.82) is 0 Å². The van der Waals surface area contributed by atoms with Crippen LogP contribution in [0.2, 0.25) is 0 Å². The molecule has 0 saturated carbocycles. The lowest BCUT2D eigenvalue weighted by Gasteiger charge is -2.11. The molecule has 1 N–H and O–H groups in total. The minimum atomic E-state index is 0.0450. The molecular weight excluding hydrogens is 348 g/mol. The van der Waals surface area contributed by atoms with Crippen LogP contribution in [0, 0.1) is 13.8 Å². The molecule has 0 aliphatic carbocycles. The Kier molecular flexibility index (Phi) is 6.43. The third kappa shape index (κ3) is 4.97. The maximum atomic E-state index is 12.2. The number of ether oxygens (including phenoxy) is 1. The van der Waals surface area contributed by atoms with Gasteiger partial charge in [-0.25, -0.2) is 0 Å². The van der Waals surface area contributed by atoms with Gasteiger partial charge in [-0.2, -0.15) is 0 Å². The number of rotatable bonds is 7. The van der Waals surface area contributed by atoms with Crippen LogP contribution in [0.3, 0.4) is 0 Å². The predicted octanol–water partition coefficient (Wildman–Crippen LogP) is 4.28. The van der Waals surface area contributed by atoms with E-state index < -0.39 is 0 Å². The van der Waals surface area contributed by atoms with Gasteiger partial charge in [0, 0.05) is 24.5 Å². The van der Waals surface area contributed by atoms with Crippen molar-refractivity contribution in [3.05, 3.63) is 83.2 Å². The highest BCUT2D eigenvalue weighted by Crippen LogP contribution is 2.30. The van der Waals surface area contributed by atoms with Gasteiger partial charge in [-0.3, -0.25) is 9.78 Å². The van der Waals surface area contributed by atoms with Crippen LogP contribution in [0.5, 0.6) is 5.75 Å². The normalized spacial score (nSPS) is 10.5. The maximum absolute atomic E-state index is 12.2. The van der Waals surface area contributed by atoms with Crippen molar-refractivity contribution < 1.29 is 9.53 Å². The SMILES string of the molecule is COc1cc(CCNC(=O)Cc2ccc(C)c(C)c2)ccc1-c1ccncc1. The van der Waals surface area contributed by atoms with Crippen LogP contribution >= 0.6 is 0 Å². The van der Waals surface area contributed by atoms with Crippen LogP contribution in [-0.2, 0) is 17.6 Å². The summed E-state index contributed by atoms with van der Waals surface area (Å²) in [6, 6.07) is 16.3. The van der Waals surface area contributed by atoms with E-state index in [2.05, 4.69) is 48.4 Å². The van der Waals surface area contributed by atoms with Gasteiger partial charge >= 0.3 is 0 Å². The van der Waals surface area contributed by atoms with Crippen LogP contribution in [0.15, 0.2) is 60.9 Å². The minimum absolute atomic E-state index is 0.0450. The van der Waals surface area contributed by atoms with Gasteiger partial charge in [-0.1, -0.05) is 30.3 Å². The van der Waals surface area contributed by atoms with Crippen molar-refractivity contribution in [2.75, 3.05) is 13.7 Å². The highest BCUT2D eigenvalue weighted by molar-refractivity contribution is 5.78. The van der Waals surface area contributed by atoms with Gasteiger partial charge in [0.25, 0.3) is 0 Å². The molecule has 4 nitrogen and oxygen atoms in total. The number of carbonyl (C=O) groups excluding carboxylic acids is 1. The van der Waals surface area contributed by atoms with Crippen LogP contribution in [0.25, 0.3) is 11.1 Å². The largest absolute Gasteiger partial charge is 0.496 e. The number of nitrogens with one attached hydrogen (secondary N) is 1. The molecule has 1 amide bonds. The van der Waals surface area contributed by atoms with Gasteiger partial charge in [-0.05, 0) is 66.3 Å². The van der Waals surface area contributed by atoms with Crippen LogP contribution < -0.4 is 10.1 Å². The van der Waals surface area contributed by atoms with Crippen molar-refractivity contribution in [2.24, 2.45) is 0 Å². The van der Waals surface area contributed by atoms with Crippen molar-refractivity contribution in [1.82, 2.24) is 10.3 Å². The van der Waals surface area contributed by atoms with E-state index in [0.717, 1.165) is 34.4 Å². The third-order valence-corrected chi connectivity index (χ3v) is 4.93. The first kappa shape index (κ1) is 19.6. The summed E-state index contributed by atoms with van der Waals surface area (Å²) in [7, 11) is 1.68. The molecule has 0 aliphatic rings. The molecule has 4 heteroatoms. The van der Waals surface area contributed by atoms with E-state index in [9.17, 15) is 4.79 Å². The highest BCUT2D eigenvalue weighted by atomic mass is 16.5. The summed E-state index contributed by atoms with van der Waals surface area (Å²) < 4.78 is 5.56. The number of hydrogen-bond acceptors (Lipinski definition) is 3. The average Bonchev–Trinajstić information content (AvgIpc) is 2.71. The van der Waals surface area contributed by atoms with Gasteiger partial charge in [0.05, 0.1) is 13.5 Å². The molecule has 28 heavy (non-hydrogen) atoms. The Morgan fingerprint density at radius 1 is 0.964 bits per heavy atom. The van der Waals surface area contributed by atoms with Gasteiger partial charge in [0.15, 0.2) is 0 Å². The summed E-state index contributed by atoms with van der Waals surface area (Å²) in [4.78, 5) is 16.3. The molecule has 1 heterocycles. The molecule has 144 valence electrons. The molecule has 0 saturated heterocycles. The fourth-order valence-electron chi connectivity index (χ4n) is 3.17. The fraction of sp³-hybridized carbons (Fsp3) is 0.250. The van der Waals surface area contributed by atoms with E-state index >= 15 is 0 Å². The monoisotopic (exact) mass is 374 g/mol. The highest BCUT2D eigenvalue weighted by Gasteiger charge is 2.08. The Labute approximate surface area is 166 Å².